The molecule has 128 valence electrons. The molecule has 9 heteroatoms. The average Bonchev–Trinajstić information content (AvgIpc) is 3.03. The first-order valence-electron chi connectivity index (χ1n) is 6.95. The molecule has 1 N–H and O–H groups in total. The molecule has 0 bridgehead atoms. The van der Waals surface area contributed by atoms with Crippen LogP contribution < -0.4 is 10.1 Å². The number of carbonyl (C=O) groups is 1. The number of pyridine rings is 1. The number of amides is 1. The van der Waals surface area contributed by atoms with Crippen molar-refractivity contribution in [1.82, 2.24) is 10.1 Å². The molecule has 6 nitrogen and oxygen atoms in total. The van der Waals surface area contributed by atoms with Gasteiger partial charge in [0.2, 0.25) is 5.88 Å². The van der Waals surface area contributed by atoms with Crippen molar-refractivity contribution in [3.63, 3.8) is 0 Å². The molecule has 0 radical (unpaired) electrons. The van der Waals surface area contributed by atoms with Crippen LogP contribution in [0.3, 0.4) is 0 Å². The Kier molecular flexibility index (Phi) is 4.38. The standard InChI is InChI=1S/C16H10F3N3O3/c17-16(18,19)24-12-3-1-11(2-4-12)15(23)21-14-9-13(22-25-14)10-5-7-20-8-6-10/h1-9H,(H,21,23). The number of carbonyl (C=O) groups excluding carboxylic acids is 1. The van der Waals surface area contributed by atoms with Gasteiger partial charge in [0.1, 0.15) is 11.4 Å². The minimum absolute atomic E-state index is 0.104. The maximum Gasteiger partial charge on any atom is 0.573 e. The number of hydrogen-bond donors (Lipinski definition) is 1. The van der Waals surface area contributed by atoms with Crippen molar-refractivity contribution in [2.45, 2.75) is 6.36 Å². The van der Waals surface area contributed by atoms with E-state index < -0.39 is 18.0 Å². The number of nitrogens with zero attached hydrogens (tertiary/aromatic N) is 2. The number of rotatable bonds is 4. The normalized spacial score (nSPS) is 11.2. The van der Waals surface area contributed by atoms with Gasteiger partial charge in [0.15, 0.2) is 0 Å². The van der Waals surface area contributed by atoms with Crippen LogP contribution in [0.2, 0.25) is 0 Å². The third-order valence-corrected chi connectivity index (χ3v) is 3.07. The van der Waals surface area contributed by atoms with Gasteiger partial charge in [0.05, 0.1) is 0 Å². The molecular weight excluding hydrogens is 339 g/mol. The van der Waals surface area contributed by atoms with Crippen LogP contribution in [0.4, 0.5) is 19.1 Å². The van der Waals surface area contributed by atoms with Crippen LogP contribution in [0.1, 0.15) is 10.4 Å². The summed E-state index contributed by atoms with van der Waals surface area (Å²) >= 11 is 0. The summed E-state index contributed by atoms with van der Waals surface area (Å²) in [6, 6.07) is 9.48. The molecule has 1 aromatic carbocycles. The first-order valence-corrected chi connectivity index (χ1v) is 6.95. The van der Waals surface area contributed by atoms with E-state index in [0.717, 1.165) is 17.7 Å². The second-order valence-electron chi connectivity index (χ2n) is 4.84. The van der Waals surface area contributed by atoms with Gasteiger partial charge in [0, 0.05) is 29.6 Å². The van der Waals surface area contributed by atoms with Gasteiger partial charge in [-0.3, -0.25) is 15.1 Å². The number of ether oxygens (including phenoxy) is 1. The highest BCUT2D eigenvalue weighted by molar-refractivity contribution is 6.03. The molecule has 0 fully saturated rings. The Bertz CT molecular complexity index is 862. The lowest BCUT2D eigenvalue weighted by atomic mass is 10.2. The fourth-order valence-corrected chi connectivity index (χ4v) is 1.98. The van der Waals surface area contributed by atoms with Crippen LogP contribution in [-0.4, -0.2) is 22.4 Å². The smallest absolute Gasteiger partial charge is 0.406 e. The third kappa shape index (κ3) is 4.34. The predicted octanol–water partition coefficient (Wildman–Crippen LogP) is 3.89. The molecule has 1 amide bonds. The van der Waals surface area contributed by atoms with Crippen LogP contribution in [0.5, 0.6) is 5.75 Å². The molecule has 25 heavy (non-hydrogen) atoms. The molecule has 2 aromatic heterocycles. The van der Waals surface area contributed by atoms with Crippen molar-refractivity contribution >= 4 is 11.8 Å². The third-order valence-electron chi connectivity index (χ3n) is 3.07. The van der Waals surface area contributed by atoms with Gasteiger partial charge in [-0.15, -0.1) is 13.2 Å². The van der Waals surface area contributed by atoms with E-state index in [9.17, 15) is 18.0 Å². The van der Waals surface area contributed by atoms with Crippen molar-refractivity contribution in [3.8, 4) is 17.0 Å². The predicted molar refractivity (Wildman–Crippen MR) is 80.8 cm³/mol. The van der Waals surface area contributed by atoms with E-state index in [1.807, 2.05) is 0 Å². The molecule has 2 heterocycles. The van der Waals surface area contributed by atoms with Crippen molar-refractivity contribution in [1.29, 1.82) is 0 Å². The first kappa shape index (κ1) is 16.5. The van der Waals surface area contributed by atoms with Crippen LogP contribution in [0, 0.1) is 0 Å². The van der Waals surface area contributed by atoms with E-state index >= 15 is 0 Å². The highest BCUT2D eigenvalue weighted by Crippen LogP contribution is 2.24. The van der Waals surface area contributed by atoms with Crippen LogP contribution in [0.15, 0.2) is 59.4 Å². The number of alkyl halides is 3. The summed E-state index contributed by atoms with van der Waals surface area (Å²) < 4.78 is 45.1. The van der Waals surface area contributed by atoms with Gasteiger partial charge in [-0.1, -0.05) is 5.16 Å². The van der Waals surface area contributed by atoms with Crippen LogP contribution in [-0.2, 0) is 0 Å². The second kappa shape index (κ2) is 6.63. The Labute approximate surface area is 139 Å². The lowest BCUT2D eigenvalue weighted by Gasteiger charge is -2.08. The quantitative estimate of drug-likeness (QED) is 0.773. The van der Waals surface area contributed by atoms with Gasteiger partial charge in [-0.05, 0) is 36.4 Å². The molecule has 3 aromatic rings. The summed E-state index contributed by atoms with van der Waals surface area (Å²) in [7, 11) is 0. The number of anilines is 1. The van der Waals surface area contributed by atoms with E-state index in [1.54, 1.807) is 24.5 Å². The minimum atomic E-state index is -4.78. The number of benzene rings is 1. The molecule has 0 atom stereocenters. The lowest BCUT2D eigenvalue weighted by molar-refractivity contribution is -0.274. The molecular formula is C16H10F3N3O3. The Morgan fingerprint density at radius 3 is 2.40 bits per heavy atom. The number of nitrogens with one attached hydrogen (secondary N) is 1. The zero-order valence-electron chi connectivity index (χ0n) is 12.4. The summed E-state index contributed by atoms with van der Waals surface area (Å²) in [6.45, 7) is 0. The molecule has 0 aliphatic carbocycles. The van der Waals surface area contributed by atoms with Gasteiger partial charge in [-0.2, -0.15) is 0 Å². The van der Waals surface area contributed by atoms with Gasteiger partial charge < -0.3 is 9.26 Å². The van der Waals surface area contributed by atoms with Crippen LogP contribution in [0.25, 0.3) is 11.3 Å². The highest BCUT2D eigenvalue weighted by Gasteiger charge is 2.31. The zero-order valence-corrected chi connectivity index (χ0v) is 12.4. The topological polar surface area (TPSA) is 77.3 Å². The van der Waals surface area contributed by atoms with Gasteiger partial charge >= 0.3 is 6.36 Å². The highest BCUT2D eigenvalue weighted by atomic mass is 19.4. The zero-order chi connectivity index (χ0) is 17.9. The van der Waals surface area contributed by atoms with Gasteiger partial charge in [0.25, 0.3) is 5.91 Å². The molecule has 0 aliphatic heterocycles. The Morgan fingerprint density at radius 2 is 1.76 bits per heavy atom. The number of halogens is 3. The fourth-order valence-electron chi connectivity index (χ4n) is 1.98. The lowest BCUT2D eigenvalue weighted by Crippen LogP contribution is -2.17. The molecule has 0 unspecified atom stereocenters. The first-order chi connectivity index (χ1) is 11.9. The summed E-state index contributed by atoms with van der Waals surface area (Å²) in [5, 5.41) is 6.29. The summed E-state index contributed by atoms with van der Waals surface area (Å²) in [5.74, 6) is -0.868. The van der Waals surface area contributed by atoms with Crippen molar-refractivity contribution in [2.24, 2.45) is 0 Å². The fraction of sp³-hybridized carbons (Fsp3) is 0.0625. The average molecular weight is 349 g/mol. The summed E-state index contributed by atoms with van der Waals surface area (Å²) in [4.78, 5) is 16.0. The maximum atomic E-state index is 12.1. The van der Waals surface area contributed by atoms with E-state index in [4.69, 9.17) is 4.52 Å². The van der Waals surface area contributed by atoms with Gasteiger partial charge in [-0.25, -0.2) is 0 Å². The molecule has 0 saturated carbocycles. The summed E-state index contributed by atoms with van der Waals surface area (Å²) in [6.07, 6.45) is -1.60. The SMILES string of the molecule is O=C(Nc1cc(-c2ccncc2)no1)c1ccc(OC(F)(F)F)cc1. The van der Waals surface area contributed by atoms with E-state index in [2.05, 4.69) is 20.2 Å². The summed E-state index contributed by atoms with van der Waals surface area (Å²) in [5.41, 5.74) is 1.40. The molecule has 0 aliphatic rings. The minimum Gasteiger partial charge on any atom is -0.406 e. The van der Waals surface area contributed by atoms with Crippen molar-refractivity contribution < 1.29 is 27.2 Å². The van der Waals surface area contributed by atoms with E-state index in [1.165, 1.54) is 18.2 Å². The van der Waals surface area contributed by atoms with Crippen molar-refractivity contribution in [3.05, 3.63) is 60.4 Å². The molecule has 0 saturated heterocycles. The maximum absolute atomic E-state index is 12.1. The molecule has 3 rings (SSSR count). The Morgan fingerprint density at radius 1 is 1.08 bits per heavy atom. The van der Waals surface area contributed by atoms with E-state index in [0.29, 0.717) is 5.69 Å². The number of aromatic nitrogens is 2. The Balaban J connectivity index is 1.67. The monoisotopic (exact) mass is 349 g/mol. The van der Waals surface area contributed by atoms with Crippen LogP contribution >= 0.6 is 0 Å². The number of hydrogen-bond acceptors (Lipinski definition) is 5. The van der Waals surface area contributed by atoms with Crippen molar-refractivity contribution in [2.75, 3.05) is 5.32 Å². The second-order valence-corrected chi connectivity index (χ2v) is 4.84. The largest absolute Gasteiger partial charge is 0.573 e. The van der Waals surface area contributed by atoms with E-state index in [-0.39, 0.29) is 11.4 Å². The molecule has 0 spiro atoms. The Hall–Kier alpha value is -3.36.